The van der Waals surface area contributed by atoms with Gasteiger partial charge in [0, 0.05) is 42.3 Å². The first-order valence-electron chi connectivity index (χ1n) is 13.7. The minimum absolute atomic E-state index is 0.0667. The van der Waals surface area contributed by atoms with Crippen LogP contribution in [0.2, 0.25) is 0 Å². The lowest BCUT2D eigenvalue weighted by molar-refractivity contribution is 0.660. The Morgan fingerprint density at radius 3 is 2.12 bits per heavy atom. The molecule has 0 unspecified atom stereocenters. The van der Waals surface area contributed by atoms with E-state index in [2.05, 4.69) is 117 Å². The molecular formula is C37H26N2S. The molecule has 0 aliphatic heterocycles. The van der Waals surface area contributed by atoms with Crippen LogP contribution in [0.4, 0.5) is 0 Å². The van der Waals surface area contributed by atoms with Crippen LogP contribution in [0.5, 0.6) is 0 Å². The molecule has 1 aliphatic rings. The number of hydrogen-bond donors (Lipinski definition) is 0. The van der Waals surface area contributed by atoms with Crippen molar-refractivity contribution in [2.45, 2.75) is 19.3 Å². The molecule has 40 heavy (non-hydrogen) atoms. The third-order valence-electron chi connectivity index (χ3n) is 8.32. The highest BCUT2D eigenvalue weighted by atomic mass is 32.1. The lowest BCUT2D eigenvalue weighted by atomic mass is 9.82. The minimum Gasteiger partial charge on any atom is -0.228 e. The largest absolute Gasteiger partial charge is 0.228 e. The number of hydrogen-bond acceptors (Lipinski definition) is 3. The molecule has 0 amide bonds. The first kappa shape index (κ1) is 23.3. The predicted octanol–water partition coefficient (Wildman–Crippen LogP) is 10.2. The molecular weight excluding hydrogens is 504 g/mol. The maximum Gasteiger partial charge on any atom is 0.160 e. The fourth-order valence-electron chi connectivity index (χ4n) is 6.26. The molecule has 3 heteroatoms. The fraction of sp³-hybridized carbons (Fsp3) is 0.0811. The van der Waals surface area contributed by atoms with E-state index < -0.39 is 0 Å². The SMILES string of the molecule is CC1(C)c2ccccc2-c2ccc(-c3cc(-c4cccc5c4sc4ccccc45)nc(-c4ccccc4)n3)cc21. The van der Waals surface area contributed by atoms with Crippen molar-refractivity contribution >= 4 is 31.5 Å². The van der Waals surface area contributed by atoms with Crippen LogP contribution in [0.15, 0.2) is 121 Å². The highest BCUT2D eigenvalue weighted by molar-refractivity contribution is 7.26. The molecule has 5 aromatic carbocycles. The standard InChI is InChI=1S/C37H26N2S/c1-37(2)30-17-8-6-13-25(30)26-20-19-24(21-31(26)37)32-22-33(39-36(38-32)23-11-4-3-5-12-23)29-16-10-15-28-27-14-7-9-18-34(27)40-35(28)29/h3-22H,1-2H3. The second-order valence-corrected chi connectivity index (χ2v) is 12.1. The average Bonchev–Trinajstić information content (AvgIpc) is 3.50. The summed E-state index contributed by atoms with van der Waals surface area (Å²) in [6.07, 6.45) is 0. The van der Waals surface area contributed by atoms with E-state index in [4.69, 9.17) is 9.97 Å². The van der Waals surface area contributed by atoms with Crippen LogP contribution in [-0.4, -0.2) is 9.97 Å². The number of benzene rings is 5. The van der Waals surface area contributed by atoms with E-state index in [0.29, 0.717) is 0 Å². The van der Waals surface area contributed by atoms with Crippen molar-refractivity contribution in [2.24, 2.45) is 0 Å². The molecule has 7 aromatic rings. The second-order valence-electron chi connectivity index (χ2n) is 11.0. The van der Waals surface area contributed by atoms with Crippen molar-refractivity contribution in [2.75, 3.05) is 0 Å². The lowest BCUT2D eigenvalue weighted by Gasteiger charge is -2.22. The van der Waals surface area contributed by atoms with Gasteiger partial charge in [0.2, 0.25) is 0 Å². The van der Waals surface area contributed by atoms with E-state index in [1.807, 2.05) is 29.5 Å². The van der Waals surface area contributed by atoms with Crippen molar-refractivity contribution in [1.82, 2.24) is 9.97 Å². The Labute approximate surface area is 237 Å². The van der Waals surface area contributed by atoms with Crippen molar-refractivity contribution < 1.29 is 0 Å². The Balaban J connectivity index is 1.36. The maximum atomic E-state index is 5.15. The van der Waals surface area contributed by atoms with Crippen molar-refractivity contribution in [3.8, 4) is 45.0 Å². The second kappa shape index (κ2) is 8.70. The Morgan fingerprint density at radius 2 is 1.23 bits per heavy atom. The van der Waals surface area contributed by atoms with Gasteiger partial charge in [0.15, 0.2) is 5.82 Å². The van der Waals surface area contributed by atoms with E-state index in [9.17, 15) is 0 Å². The van der Waals surface area contributed by atoms with Gasteiger partial charge in [-0.1, -0.05) is 117 Å². The van der Waals surface area contributed by atoms with Crippen molar-refractivity contribution in [3.05, 3.63) is 132 Å². The topological polar surface area (TPSA) is 25.8 Å². The Kier molecular flexibility index (Phi) is 5.07. The summed E-state index contributed by atoms with van der Waals surface area (Å²) < 4.78 is 2.56. The molecule has 2 aromatic heterocycles. The number of nitrogens with zero attached hydrogens (tertiary/aromatic N) is 2. The zero-order valence-electron chi connectivity index (χ0n) is 22.3. The summed E-state index contributed by atoms with van der Waals surface area (Å²) in [6.45, 7) is 4.65. The van der Waals surface area contributed by atoms with E-state index in [0.717, 1.165) is 33.9 Å². The molecule has 0 radical (unpaired) electrons. The van der Waals surface area contributed by atoms with Crippen LogP contribution < -0.4 is 0 Å². The number of aromatic nitrogens is 2. The molecule has 2 nitrogen and oxygen atoms in total. The summed E-state index contributed by atoms with van der Waals surface area (Å²) in [7, 11) is 0. The van der Waals surface area contributed by atoms with Gasteiger partial charge in [0.05, 0.1) is 11.4 Å². The monoisotopic (exact) mass is 530 g/mol. The molecule has 0 spiro atoms. The predicted molar refractivity (Wildman–Crippen MR) is 169 cm³/mol. The van der Waals surface area contributed by atoms with Crippen LogP contribution in [0, 0.1) is 0 Å². The summed E-state index contributed by atoms with van der Waals surface area (Å²) in [5.74, 6) is 0.745. The van der Waals surface area contributed by atoms with Crippen LogP contribution in [0.3, 0.4) is 0 Å². The van der Waals surface area contributed by atoms with E-state index >= 15 is 0 Å². The van der Waals surface area contributed by atoms with Crippen LogP contribution in [0.25, 0.3) is 65.2 Å². The summed E-state index contributed by atoms with van der Waals surface area (Å²) in [4.78, 5) is 10.3. The summed E-state index contributed by atoms with van der Waals surface area (Å²) in [6, 6.07) is 43.3. The number of rotatable bonds is 3. The van der Waals surface area contributed by atoms with Gasteiger partial charge in [-0.05, 0) is 40.5 Å². The van der Waals surface area contributed by atoms with Crippen LogP contribution in [0.1, 0.15) is 25.0 Å². The van der Waals surface area contributed by atoms with E-state index in [1.54, 1.807) is 0 Å². The van der Waals surface area contributed by atoms with E-state index in [1.165, 1.54) is 42.4 Å². The number of fused-ring (bicyclic) bond motifs is 6. The van der Waals surface area contributed by atoms with Gasteiger partial charge in [0.25, 0.3) is 0 Å². The molecule has 0 N–H and O–H groups in total. The summed E-state index contributed by atoms with van der Waals surface area (Å²) in [5, 5.41) is 2.57. The van der Waals surface area contributed by atoms with Gasteiger partial charge in [-0.3, -0.25) is 0 Å². The summed E-state index contributed by atoms with van der Waals surface area (Å²) in [5.41, 5.74) is 10.5. The van der Waals surface area contributed by atoms with E-state index in [-0.39, 0.29) is 5.41 Å². The van der Waals surface area contributed by atoms with Gasteiger partial charge < -0.3 is 0 Å². The van der Waals surface area contributed by atoms with Crippen molar-refractivity contribution in [1.29, 1.82) is 0 Å². The van der Waals surface area contributed by atoms with Crippen LogP contribution >= 0.6 is 11.3 Å². The first-order chi connectivity index (χ1) is 19.6. The van der Waals surface area contributed by atoms with Gasteiger partial charge in [-0.15, -0.1) is 11.3 Å². The molecule has 8 rings (SSSR count). The van der Waals surface area contributed by atoms with Crippen LogP contribution in [-0.2, 0) is 5.41 Å². The molecule has 0 bridgehead atoms. The smallest absolute Gasteiger partial charge is 0.160 e. The average molecular weight is 531 g/mol. The van der Waals surface area contributed by atoms with Gasteiger partial charge >= 0.3 is 0 Å². The van der Waals surface area contributed by atoms with Gasteiger partial charge in [-0.25, -0.2) is 9.97 Å². The third-order valence-corrected chi connectivity index (χ3v) is 9.54. The zero-order valence-corrected chi connectivity index (χ0v) is 23.2. The zero-order chi connectivity index (χ0) is 26.8. The molecule has 1 aliphatic carbocycles. The first-order valence-corrected chi connectivity index (χ1v) is 14.5. The molecule has 0 saturated carbocycles. The number of thiophene rings is 1. The Morgan fingerprint density at radius 1 is 0.525 bits per heavy atom. The molecule has 2 heterocycles. The highest BCUT2D eigenvalue weighted by Crippen LogP contribution is 2.49. The minimum atomic E-state index is -0.0667. The normalized spacial score (nSPS) is 13.4. The van der Waals surface area contributed by atoms with Gasteiger partial charge in [0.1, 0.15) is 0 Å². The fourth-order valence-corrected chi connectivity index (χ4v) is 7.49. The third kappa shape index (κ3) is 3.48. The molecule has 0 atom stereocenters. The Hall–Kier alpha value is -4.60. The molecule has 0 fully saturated rings. The maximum absolute atomic E-state index is 5.15. The Bertz CT molecular complexity index is 2090. The van der Waals surface area contributed by atoms with Gasteiger partial charge in [-0.2, -0.15) is 0 Å². The molecule has 190 valence electrons. The highest BCUT2D eigenvalue weighted by Gasteiger charge is 2.35. The summed E-state index contributed by atoms with van der Waals surface area (Å²) >= 11 is 1.84. The molecule has 0 saturated heterocycles. The lowest BCUT2D eigenvalue weighted by Crippen LogP contribution is -2.14. The quantitative estimate of drug-likeness (QED) is 0.227. The van der Waals surface area contributed by atoms with Crippen molar-refractivity contribution in [3.63, 3.8) is 0 Å².